The minimum absolute atomic E-state index is 0.163. The highest BCUT2D eigenvalue weighted by Crippen LogP contribution is 2.47. The Balaban J connectivity index is 1.38. The van der Waals surface area contributed by atoms with Gasteiger partial charge in [0.1, 0.15) is 0 Å². The number of nitrogens with one attached hydrogen (secondary N) is 1. The number of anilines is 1. The molecule has 2 atom stereocenters. The van der Waals surface area contributed by atoms with Crippen LogP contribution in [0.4, 0.5) is 5.69 Å². The lowest BCUT2D eigenvalue weighted by molar-refractivity contribution is -0.178. The standard InChI is InChI=1S/C25H35N3O2/c1-3-18-13-25(30)14-19(15-25)28(18)23(29)12-17(2)20-16-26-21-8-7-9-22(24(20)21)27-10-5-4-6-11-27/h7-9,16-19,26,30H,3-6,10-15H2,1-2H3. The first kappa shape index (κ1) is 19.9. The number of rotatable bonds is 5. The van der Waals surface area contributed by atoms with Gasteiger partial charge < -0.3 is 19.9 Å². The molecule has 1 aromatic carbocycles. The molecule has 3 saturated heterocycles. The maximum atomic E-state index is 13.4. The number of hydrogen-bond acceptors (Lipinski definition) is 3. The molecule has 1 aromatic heterocycles. The molecule has 0 radical (unpaired) electrons. The van der Waals surface area contributed by atoms with Crippen molar-refractivity contribution in [3.8, 4) is 0 Å². The first-order valence-corrected chi connectivity index (χ1v) is 11.9. The molecule has 0 spiro atoms. The average molecular weight is 410 g/mol. The lowest BCUT2D eigenvalue weighted by atomic mass is 9.66. The Kier molecular flexibility index (Phi) is 5.04. The highest BCUT2D eigenvalue weighted by Gasteiger charge is 2.54. The predicted octanol–water partition coefficient (Wildman–Crippen LogP) is 4.56. The fourth-order valence-electron chi connectivity index (χ4n) is 6.22. The summed E-state index contributed by atoms with van der Waals surface area (Å²) in [5.41, 5.74) is 3.24. The van der Waals surface area contributed by atoms with Gasteiger partial charge in [-0.2, -0.15) is 0 Å². The number of piperidine rings is 3. The molecular formula is C25H35N3O2. The first-order chi connectivity index (χ1) is 14.5. The van der Waals surface area contributed by atoms with Crippen molar-refractivity contribution in [2.24, 2.45) is 0 Å². The molecule has 5 nitrogen and oxygen atoms in total. The average Bonchev–Trinajstić information content (AvgIpc) is 3.17. The summed E-state index contributed by atoms with van der Waals surface area (Å²) in [5, 5.41) is 11.8. The van der Waals surface area contributed by atoms with E-state index in [-0.39, 0.29) is 23.9 Å². The largest absolute Gasteiger partial charge is 0.390 e. The maximum Gasteiger partial charge on any atom is 0.223 e. The number of carbonyl (C=O) groups excluding carboxylic acids is 1. The minimum Gasteiger partial charge on any atom is -0.390 e. The summed E-state index contributed by atoms with van der Waals surface area (Å²) in [5.74, 6) is 0.418. The van der Waals surface area contributed by atoms with E-state index in [2.05, 4.69) is 53.0 Å². The van der Waals surface area contributed by atoms with Crippen LogP contribution in [0.15, 0.2) is 24.4 Å². The third kappa shape index (κ3) is 3.31. The number of nitrogens with zero attached hydrogens (tertiary/aromatic N) is 2. The van der Waals surface area contributed by atoms with E-state index < -0.39 is 5.60 Å². The van der Waals surface area contributed by atoms with Crippen LogP contribution in [-0.2, 0) is 4.79 Å². The normalized spacial score (nSPS) is 29.7. The Labute approximate surface area is 179 Å². The molecule has 4 aliphatic rings. The molecule has 30 heavy (non-hydrogen) atoms. The van der Waals surface area contributed by atoms with Crippen molar-refractivity contribution in [3.05, 3.63) is 30.0 Å². The van der Waals surface area contributed by atoms with Crippen LogP contribution >= 0.6 is 0 Å². The molecule has 1 aliphatic carbocycles. The Morgan fingerprint density at radius 2 is 2.00 bits per heavy atom. The summed E-state index contributed by atoms with van der Waals surface area (Å²) >= 11 is 0. The van der Waals surface area contributed by atoms with E-state index in [0.29, 0.717) is 6.42 Å². The molecule has 2 N–H and O–H groups in total. The van der Waals surface area contributed by atoms with E-state index in [0.717, 1.165) is 38.8 Å². The van der Waals surface area contributed by atoms with Gasteiger partial charge in [-0.05, 0) is 68.6 Å². The van der Waals surface area contributed by atoms with E-state index in [9.17, 15) is 9.90 Å². The number of fused-ring (bicyclic) bond motifs is 3. The summed E-state index contributed by atoms with van der Waals surface area (Å²) in [6.07, 6.45) is 9.67. The monoisotopic (exact) mass is 409 g/mol. The SMILES string of the molecule is CCC1CC2(O)CC(C2)N1C(=O)CC(C)c1c[nH]c2cccc(N3CCCCC3)c12. The molecule has 1 amide bonds. The number of H-pyrrole nitrogens is 1. The van der Waals surface area contributed by atoms with Crippen molar-refractivity contribution in [1.29, 1.82) is 0 Å². The second-order valence-electron chi connectivity index (χ2n) is 9.95. The first-order valence-electron chi connectivity index (χ1n) is 11.9. The van der Waals surface area contributed by atoms with Gasteiger partial charge >= 0.3 is 0 Å². The second kappa shape index (κ2) is 7.60. The lowest BCUT2D eigenvalue weighted by Gasteiger charge is -2.58. The third-order valence-electron chi connectivity index (χ3n) is 7.82. The van der Waals surface area contributed by atoms with Gasteiger partial charge in [-0.1, -0.05) is 19.9 Å². The zero-order valence-electron chi connectivity index (χ0n) is 18.4. The summed E-state index contributed by atoms with van der Waals surface area (Å²) in [7, 11) is 0. The van der Waals surface area contributed by atoms with Crippen LogP contribution in [0.3, 0.4) is 0 Å². The molecule has 162 valence electrons. The molecular weight excluding hydrogens is 374 g/mol. The van der Waals surface area contributed by atoms with Crippen molar-refractivity contribution in [1.82, 2.24) is 9.88 Å². The topological polar surface area (TPSA) is 59.6 Å². The quantitative estimate of drug-likeness (QED) is 0.761. The molecule has 3 aliphatic heterocycles. The molecule has 2 aromatic rings. The molecule has 4 fully saturated rings. The number of aromatic nitrogens is 1. The Bertz CT molecular complexity index is 924. The van der Waals surface area contributed by atoms with Gasteiger partial charge in [0, 0.05) is 54.4 Å². The predicted molar refractivity (Wildman–Crippen MR) is 121 cm³/mol. The van der Waals surface area contributed by atoms with Crippen LogP contribution in [0.25, 0.3) is 10.9 Å². The van der Waals surface area contributed by atoms with Crippen LogP contribution in [0, 0.1) is 0 Å². The van der Waals surface area contributed by atoms with E-state index in [1.165, 1.54) is 41.4 Å². The van der Waals surface area contributed by atoms with Gasteiger partial charge in [0.05, 0.1) is 5.60 Å². The van der Waals surface area contributed by atoms with E-state index >= 15 is 0 Å². The van der Waals surface area contributed by atoms with Crippen molar-refractivity contribution in [2.45, 2.75) is 88.8 Å². The fraction of sp³-hybridized carbons (Fsp3) is 0.640. The van der Waals surface area contributed by atoms with Crippen LogP contribution in [0.1, 0.15) is 76.7 Å². The van der Waals surface area contributed by atoms with Crippen LogP contribution < -0.4 is 4.90 Å². The van der Waals surface area contributed by atoms with Crippen molar-refractivity contribution >= 4 is 22.5 Å². The molecule has 6 rings (SSSR count). The van der Waals surface area contributed by atoms with Crippen LogP contribution in [0.5, 0.6) is 0 Å². The lowest BCUT2D eigenvalue weighted by Crippen LogP contribution is -2.67. The van der Waals surface area contributed by atoms with Gasteiger partial charge in [0.2, 0.25) is 5.91 Å². The van der Waals surface area contributed by atoms with Crippen molar-refractivity contribution in [2.75, 3.05) is 18.0 Å². The minimum atomic E-state index is -0.506. The summed E-state index contributed by atoms with van der Waals surface area (Å²) < 4.78 is 0. The smallest absolute Gasteiger partial charge is 0.223 e. The van der Waals surface area contributed by atoms with Gasteiger partial charge in [-0.3, -0.25) is 4.79 Å². The molecule has 4 heterocycles. The summed E-state index contributed by atoms with van der Waals surface area (Å²) in [6.45, 7) is 6.56. The molecule has 2 bridgehead atoms. The number of aliphatic hydroxyl groups is 1. The van der Waals surface area contributed by atoms with Gasteiger partial charge in [0.25, 0.3) is 0 Å². The Hall–Kier alpha value is -2.01. The zero-order chi connectivity index (χ0) is 20.9. The van der Waals surface area contributed by atoms with Gasteiger partial charge in [-0.25, -0.2) is 0 Å². The van der Waals surface area contributed by atoms with Crippen molar-refractivity contribution < 1.29 is 9.90 Å². The maximum absolute atomic E-state index is 13.4. The second-order valence-corrected chi connectivity index (χ2v) is 9.95. The van der Waals surface area contributed by atoms with Crippen molar-refractivity contribution in [3.63, 3.8) is 0 Å². The number of carbonyl (C=O) groups is 1. The molecule has 2 unspecified atom stereocenters. The third-order valence-corrected chi connectivity index (χ3v) is 7.82. The van der Waals surface area contributed by atoms with Crippen LogP contribution in [-0.4, -0.2) is 51.7 Å². The Morgan fingerprint density at radius 3 is 2.73 bits per heavy atom. The highest BCUT2D eigenvalue weighted by molar-refractivity contribution is 5.96. The number of hydrogen-bond donors (Lipinski definition) is 2. The van der Waals surface area contributed by atoms with Crippen LogP contribution in [0.2, 0.25) is 0 Å². The summed E-state index contributed by atoms with van der Waals surface area (Å²) in [6, 6.07) is 6.95. The van der Waals surface area contributed by atoms with E-state index in [1.54, 1.807) is 0 Å². The van der Waals surface area contributed by atoms with E-state index in [4.69, 9.17) is 0 Å². The highest BCUT2D eigenvalue weighted by atomic mass is 16.3. The number of benzene rings is 1. The fourth-order valence-corrected chi connectivity index (χ4v) is 6.22. The van der Waals surface area contributed by atoms with Gasteiger partial charge in [-0.15, -0.1) is 0 Å². The zero-order valence-corrected chi connectivity index (χ0v) is 18.4. The van der Waals surface area contributed by atoms with Gasteiger partial charge in [0.15, 0.2) is 0 Å². The molecule has 5 heteroatoms. The van der Waals surface area contributed by atoms with E-state index in [1.807, 2.05) is 0 Å². The summed E-state index contributed by atoms with van der Waals surface area (Å²) in [4.78, 5) is 21.5. The Morgan fingerprint density at radius 1 is 1.23 bits per heavy atom. The number of amides is 1. The number of aromatic amines is 1. The molecule has 1 saturated carbocycles.